The van der Waals surface area contributed by atoms with E-state index in [-0.39, 0.29) is 11.8 Å². The van der Waals surface area contributed by atoms with E-state index in [4.69, 9.17) is 11.6 Å². The quantitative estimate of drug-likeness (QED) is 0.881. The molecule has 3 aliphatic rings. The first-order chi connectivity index (χ1) is 11.3. The van der Waals surface area contributed by atoms with Gasteiger partial charge in [-0.1, -0.05) is 23.7 Å². The molecule has 1 atom stereocenters. The zero-order valence-corrected chi connectivity index (χ0v) is 15.3. The molecule has 1 aromatic carbocycles. The number of carbonyl (C=O) groups is 1. The van der Waals surface area contributed by atoms with Gasteiger partial charge < -0.3 is 10.0 Å². The van der Waals surface area contributed by atoms with Gasteiger partial charge in [0.15, 0.2) is 0 Å². The van der Waals surface area contributed by atoms with E-state index in [0.717, 1.165) is 23.7 Å². The van der Waals surface area contributed by atoms with Crippen LogP contribution in [-0.2, 0) is 4.79 Å². The van der Waals surface area contributed by atoms with Crippen LogP contribution in [0.15, 0.2) is 18.2 Å². The summed E-state index contributed by atoms with van der Waals surface area (Å²) >= 11 is 6.14. The van der Waals surface area contributed by atoms with Crippen molar-refractivity contribution in [2.24, 2.45) is 11.3 Å². The third kappa shape index (κ3) is 2.76. The van der Waals surface area contributed by atoms with E-state index < -0.39 is 5.60 Å². The van der Waals surface area contributed by atoms with Gasteiger partial charge in [-0.25, -0.2) is 0 Å². The van der Waals surface area contributed by atoms with Crippen molar-refractivity contribution in [1.29, 1.82) is 0 Å². The van der Waals surface area contributed by atoms with Crippen molar-refractivity contribution in [3.8, 4) is 0 Å². The molecule has 4 rings (SSSR count). The molecule has 1 amide bonds. The van der Waals surface area contributed by atoms with Gasteiger partial charge in [-0.2, -0.15) is 0 Å². The van der Waals surface area contributed by atoms with E-state index in [1.807, 2.05) is 17.9 Å². The van der Waals surface area contributed by atoms with Crippen LogP contribution in [0.25, 0.3) is 0 Å². The molecule has 1 aromatic rings. The zero-order chi connectivity index (χ0) is 17.1. The fourth-order valence-corrected chi connectivity index (χ4v) is 5.17. The van der Waals surface area contributed by atoms with E-state index in [1.54, 1.807) is 0 Å². The van der Waals surface area contributed by atoms with Crippen LogP contribution in [0, 0.1) is 18.3 Å². The lowest BCUT2D eigenvalue weighted by molar-refractivity contribution is -0.161. The molecule has 130 valence electrons. The molecule has 1 saturated heterocycles. The summed E-state index contributed by atoms with van der Waals surface area (Å²) in [4.78, 5) is 14.5. The van der Waals surface area contributed by atoms with Crippen LogP contribution < -0.4 is 0 Å². The Bertz CT molecular complexity index is 670. The Kier molecular flexibility index (Phi) is 3.74. The standard InChI is InChI=1S/C20H26ClNO2/c1-13-7-14(3-4-17(13)21)15-5-6-20(10-15)11-22(12-20)18(23)16-8-19(2,24)9-16/h3-4,7,15-16,24H,5-6,8-12H2,1-2H3. The van der Waals surface area contributed by atoms with Crippen molar-refractivity contribution in [2.45, 2.75) is 57.5 Å². The van der Waals surface area contributed by atoms with Crippen molar-refractivity contribution < 1.29 is 9.90 Å². The maximum atomic E-state index is 12.5. The summed E-state index contributed by atoms with van der Waals surface area (Å²) in [7, 11) is 0. The summed E-state index contributed by atoms with van der Waals surface area (Å²) in [5.41, 5.74) is 2.26. The second kappa shape index (κ2) is 5.47. The van der Waals surface area contributed by atoms with Gasteiger partial charge in [0.1, 0.15) is 0 Å². The van der Waals surface area contributed by atoms with E-state index in [1.165, 1.54) is 24.8 Å². The molecular weight excluding hydrogens is 322 g/mol. The van der Waals surface area contributed by atoms with Crippen LogP contribution in [0.2, 0.25) is 5.02 Å². The molecule has 2 aliphatic carbocycles. The molecule has 1 N–H and O–H groups in total. The van der Waals surface area contributed by atoms with Crippen LogP contribution >= 0.6 is 11.6 Å². The third-order valence-corrected chi connectivity index (χ3v) is 6.87. The predicted octanol–water partition coefficient (Wildman–Crippen LogP) is 3.91. The van der Waals surface area contributed by atoms with Gasteiger partial charge >= 0.3 is 0 Å². The minimum Gasteiger partial charge on any atom is -0.390 e. The monoisotopic (exact) mass is 347 g/mol. The largest absolute Gasteiger partial charge is 0.390 e. The van der Waals surface area contributed by atoms with Crippen LogP contribution in [-0.4, -0.2) is 34.6 Å². The lowest BCUT2D eigenvalue weighted by Gasteiger charge is -2.52. The summed E-state index contributed by atoms with van der Waals surface area (Å²) in [5, 5.41) is 10.7. The van der Waals surface area contributed by atoms with Crippen molar-refractivity contribution in [2.75, 3.05) is 13.1 Å². The number of hydrogen-bond acceptors (Lipinski definition) is 2. The van der Waals surface area contributed by atoms with Crippen molar-refractivity contribution in [1.82, 2.24) is 4.90 Å². The Labute approximate surface area is 149 Å². The maximum absolute atomic E-state index is 12.5. The van der Waals surface area contributed by atoms with Crippen molar-refractivity contribution in [3.63, 3.8) is 0 Å². The second-order valence-electron chi connectivity index (χ2n) is 8.74. The average molecular weight is 348 g/mol. The van der Waals surface area contributed by atoms with Crippen LogP contribution in [0.1, 0.15) is 56.1 Å². The molecule has 3 nitrogen and oxygen atoms in total. The first kappa shape index (κ1) is 16.4. The zero-order valence-electron chi connectivity index (χ0n) is 14.5. The topological polar surface area (TPSA) is 40.5 Å². The second-order valence-corrected chi connectivity index (χ2v) is 9.15. The predicted molar refractivity (Wildman–Crippen MR) is 95.1 cm³/mol. The number of amides is 1. The minimum absolute atomic E-state index is 0.0495. The number of rotatable bonds is 2. The van der Waals surface area contributed by atoms with Gasteiger partial charge in [0.05, 0.1) is 5.60 Å². The molecule has 24 heavy (non-hydrogen) atoms. The first-order valence-corrected chi connectivity index (χ1v) is 9.42. The molecule has 1 heterocycles. The van der Waals surface area contributed by atoms with Crippen LogP contribution in [0.5, 0.6) is 0 Å². The summed E-state index contributed by atoms with van der Waals surface area (Å²) in [6.07, 6.45) is 4.86. The van der Waals surface area contributed by atoms with Crippen molar-refractivity contribution in [3.05, 3.63) is 34.3 Å². The van der Waals surface area contributed by atoms with Gasteiger partial charge in [-0.05, 0) is 69.1 Å². The third-order valence-electron chi connectivity index (χ3n) is 6.44. The van der Waals surface area contributed by atoms with E-state index in [9.17, 15) is 9.90 Å². The smallest absolute Gasteiger partial charge is 0.225 e. The lowest BCUT2D eigenvalue weighted by Crippen LogP contribution is -2.61. The highest BCUT2D eigenvalue weighted by Gasteiger charge is 2.53. The van der Waals surface area contributed by atoms with Crippen LogP contribution in [0.3, 0.4) is 0 Å². The molecule has 2 saturated carbocycles. The molecule has 0 radical (unpaired) electrons. The normalized spacial score (nSPS) is 34.1. The fraction of sp³-hybridized carbons (Fsp3) is 0.650. The van der Waals surface area contributed by atoms with Crippen LogP contribution in [0.4, 0.5) is 0 Å². The molecular formula is C20H26ClNO2. The van der Waals surface area contributed by atoms with Gasteiger partial charge in [-0.3, -0.25) is 4.79 Å². The number of benzene rings is 1. The summed E-state index contributed by atoms with van der Waals surface area (Å²) in [5.74, 6) is 0.911. The number of likely N-dealkylation sites (tertiary alicyclic amines) is 1. The van der Waals surface area contributed by atoms with E-state index in [0.29, 0.717) is 24.2 Å². The number of hydrogen-bond donors (Lipinski definition) is 1. The number of aryl methyl sites for hydroxylation is 1. The SMILES string of the molecule is Cc1cc(C2CCC3(C2)CN(C(=O)C2CC(C)(O)C2)C3)ccc1Cl. The summed E-state index contributed by atoms with van der Waals surface area (Å²) < 4.78 is 0. The maximum Gasteiger partial charge on any atom is 0.225 e. The number of aliphatic hydroxyl groups is 1. The van der Waals surface area contributed by atoms with Crippen molar-refractivity contribution >= 4 is 17.5 Å². The molecule has 1 aliphatic heterocycles. The Morgan fingerprint density at radius 2 is 2.00 bits per heavy atom. The first-order valence-electron chi connectivity index (χ1n) is 9.04. The minimum atomic E-state index is -0.617. The van der Waals surface area contributed by atoms with E-state index >= 15 is 0 Å². The Morgan fingerprint density at radius 3 is 2.62 bits per heavy atom. The molecule has 1 unspecified atom stereocenters. The van der Waals surface area contributed by atoms with Gasteiger partial charge in [0, 0.05) is 29.4 Å². The summed E-state index contributed by atoms with van der Waals surface area (Å²) in [6, 6.07) is 6.40. The number of nitrogens with zero attached hydrogens (tertiary/aromatic N) is 1. The Balaban J connectivity index is 1.35. The molecule has 0 bridgehead atoms. The number of halogens is 1. The van der Waals surface area contributed by atoms with E-state index in [2.05, 4.69) is 19.1 Å². The summed E-state index contributed by atoms with van der Waals surface area (Å²) in [6.45, 7) is 5.71. The highest BCUT2D eigenvalue weighted by Crippen LogP contribution is 2.53. The highest BCUT2D eigenvalue weighted by atomic mass is 35.5. The molecule has 4 heteroatoms. The molecule has 0 aromatic heterocycles. The fourth-order valence-electron chi connectivity index (χ4n) is 5.05. The Morgan fingerprint density at radius 1 is 1.29 bits per heavy atom. The molecule has 3 fully saturated rings. The Hall–Kier alpha value is -1.06. The van der Waals surface area contributed by atoms with Gasteiger partial charge in [0.2, 0.25) is 5.91 Å². The average Bonchev–Trinajstić information content (AvgIpc) is 2.91. The van der Waals surface area contributed by atoms with Gasteiger partial charge in [-0.15, -0.1) is 0 Å². The highest BCUT2D eigenvalue weighted by molar-refractivity contribution is 6.31. The lowest BCUT2D eigenvalue weighted by atomic mass is 9.69. The molecule has 1 spiro atoms. The number of carbonyl (C=O) groups excluding carboxylic acids is 1. The van der Waals surface area contributed by atoms with Gasteiger partial charge in [0.25, 0.3) is 0 Å².